The number of hydrogen-bond acceptors (Lipinski definition) is 2. The van der Waals surface area contributed by atoms with Gasteiger partial charge in [-0.2, -0.15) is 0 Å². The third kappa shape index (κ3) is 3.64. The smallest absolute Gasteiger partial charge is 0.185 e. The predicted molar refractivity (Wildman–Crippen MR) is 82.7 cm³/mol. The lowest BCUT2D eigenvalue weighted by Gasteiger charge is -2.18. The minimum Gasteiger partial charge on any atom is -0.289 e. The van der Waals surface area contributed by atoms with Crippen molar-refractivity contribution in [1.29, 1.82) is 0 Å². The van der Waals surface area contributed by atoms with Crippen molar-refractivity contribution in [3.8, 4) is 0 Å². The fraction of sp³-hybridized carbons (Fsp3) is 0.222. The van der Waals surface area contributed by atoms with Crippen LogP contribution in [0.1, 0.15) is 42.4 Å². The summed E-state index contributed by atoms with van der Waals surface area (Å²) >= 11 is 0. The molecule has 0 saturated heterocycles. The van der Waals surface area contributed by atoms with E-state index in [-0.39, 0.29) is 11.2 Å². The van der Waals surface area contributed by atoms with Gasteiger partial charge in [0, 0.05) is 11.8 Å². The molecule has 0 unspecified atom stereocenters. The fourth-order valence-corrected chi connectivity index (χ4v) is 1.87. The van der Waals surface area contributed by atoms with Crippen molar-refractivity contribution in [3.63, 3.8) is 0 Å². The Morgan fingerprint density at radius 2 is 1.75 bits per heavy atom. The summed E-state index contributed by atoms with van der Waals surface area (Å²) in [6.07, 6.45) is 5.01. The number of hydrogen-bond donors (Lipinski definition) is 0. The van der Waals surface area contributed by atoms with Gasteiger partial charge in [-0.15, -0.1) is 0 Å². The van der Waals surface area contributed by atoms with Gasteiger partial charge in [-0.05, 0) is 35.3 Å². The number of nitrogens with zero attached hydrogens (tertiary/aromatic N) is 1. The molecule has 1 heterocycles. The van der Waals surface area contributed by atoms with E-state index in [9.17, 15) is 4.79 Å². The highest BCUT2D eigenvalue weighted by atomic mass is 16.1. The van der Waals surface area contributed by atoms with Crippen LogP contribution in [-0.2, 0) is 5.41 Å². The number of benzene rings is 1. The molecule has 0 saturated carbocycles. The standard InChI is InChI=1S/C18H19NO/c1-18(2,3)15-9-7-14(8-10-15)17(20)12-11-16-6-4-5-13-19-16/h4-13H,1-3H3. The SMILES string of the molecule is CC(C)(C)c1ccc(C(=O)C=Cc2ccccn2)cc1. The number of rotatable bonds is 3. The number of ketones is 1. The normalized spacial score (nSPS) is 11.8. The molecule has 2 aromatic rings. The third-order valence-electron chi connectivity index (χ3n) is 3.13. The molecule has 0 bridgehead atoms. The Balaban J connectivity index is 2.12. The minimum absolute atomic E-state index is 0.00360. The van der Waals surface area contributed by atoms with Crippen LogP contribution < -0.4 is 0 Å². The molecule has 102 valence electrons. The molecule has 1 aromatic heterocycles. The van der Waals surface area contributed by atoms with Crippen LogP contribution in [0.2, 0.25) is 0 Å². The van der Waals surface area contributed by atoms with E-state index >= 15 is 0 Å². The van der Waals surface area contributed by atoms with Crippen molar-refractivity contribution in [2.75, 3.05) is 0 Å². The first-order chi connectivity index (χ1) is 9.47. The van der Waals surface area contributed by atoms with Crippen LogP contribution in [-0.4, -0.2) is 10.8 Å². The van der Waals surface area contributed by atoms with E-state index in [2.05, 4.69) is 25.8 Å². The van der Waals surface area contributed by atoms with Gasteiger partial charge in [-0.25, -0.2) is 0 Å². The Kier molecular flexibility index (Phi) is 4.14. The van der Waals surface area contributed by atoms with E-state index in [1.54, 1.807) is 18.3 Å². The first-order valence-electron chi connectivity index (χ1n) is 6.71. The summed E-state index contributed by atoms with van der Waals surface area (Å²) in [5.74, 6) is -0.00360. The number of aromatic nitrogens is 1. The van der Waals surface area contributed by atoms with Gasteiger partial charge in [0.25, 0.3) is 0 Å². The molecule has 2 nitrogen and oxygen atoms in total. The molecule has 0 N–H and O–H groups in total. The highest BCUT2D eigenvalue weighted by molar-refractivity contribution is 6.06. The van der Waals surface area contributed by atoms with E-state index in [0.29, 0.717) is 5.56 Å². The van der Waals surface area contributed by atoms with Crippen molar-refractivity contribution in [2.45, 2.75) is 26.2 Å². The molecule has 0 aliphatic rings. The van der Waals surface area contributed by atoms with Crippen LogP contribution in [0.25, 0.3) is 6.08 Å². The highest BCUT2D eigenvalue weighted by Crippen LogP contribution is 2.22. The average molecular weight is 265 g/mol. The van der Waals surface area contributed by atoms with Gasteiger partial charge < -0.3 is 0 Å². The van der Waals surface area contributed by atoms with Crippen molar-refractivity contribution in [1.82, 2.24) is 4.98 Å². The molecule has 0 amide bonds. The van der Waals surface area contributed by atoms with Crippen molar-refractivity contribution >= 4 is 11.9 Å². The van der Waals surface area contributed by atoms with E-state index in [4.69, 9.17) is 0 Å². The van der Waals surface area contributed by atoms with Crippen LogP contribution in [0.5, 0.6) is 0 Å². The van der Waals surface area contributed by atoms with Gasteiger partial charge in [-0.3, -0.25) is 9.78 Å². The molecule has 2 rings (SSSR count). The lowest BCUT2D eigenvalue weighted by Crippen LogP contribution is -2.11. The van der Waals surface area contributed by atoms with Gasteiger partial charge >= 0.3 is 0 Å². The molecule has 1 aromatic carbocycles. The summed E-state index contributed by atoms with van der Waals surface area (Å²) in [6.45, 7) is 6.47. The van der Waals surface area contributed by atoms with Gasteiger partial charge in [0.1, 0.15) is 0 Å². The van der Waals surface area contributed by atoms with Crippen LogP contribution >= 0.6 is 0 Å². The lowest BCUT2D eigenvalue weighted by atomic mass is 9.86. The van der Waals surface area contributed by atoms with Crippen molar-refractivity contribution in [2.24, 2.45) is 0 Å². The maximum Gasteiger partial charge on any atom is 0.185 e. The largest absolute Gasteiger partial charge is 0.289 e. The molecular formula is C18H19NO. The molecule has 0 atom stereocenters. The second-order valence-corrected chi connectivity index (χ2v) is 5.78. The molecule has 2 heteroatoms. The first-order valence-corrected chi connectivity index (χ1v) is 6.71. The van der Waals surface area contributed by atoms with Crippen LogP contribution in [0.3, 0.4) is 0 Å². The Labute approximate surface area is 120 Å². The molecule has 0 aliphatic heterocycles. The second-order valence-electron chi connectivity index (χ2n) is 5.78. The van der Waals surface area contributed by atoms with Gasteiger partial charge in [-0.1, -0.05) is 51.1 Å². The van der Waals surface area contributed by atoms with Crippen LogP contribution in [0, 0.1) is 0 Å². The van der Waals surface area contributed by atoms with Crippen molar-refractivity contribution in [3.05, 3.63) is 71.6 Å². The van der Waals surface area contributed by atoms with E-state index in [1.807, 2.05) is 42.5 Å². The monoisotopic (exact) mass is 265 g/mol. The summed E-state index contributed by atoms with van der Waals surface area (Å²) in [4.78, 5) is 16.2. The molecule has 20 heavy (non-hydrogen) atoms. The summed E-state index contributed by atoms with van der Waals surface area (Å²) in [7, 11) is 0. The number of carbonyl (C=O) groups is 1. The molecule has 0 fully saturated rings. The number of allylic oxidation sites excluding steroid dienone is 1. The van der Waals surface area contributed by atoms with E-state index < -0.39 is 0 Å². The van der Waals surface area contributed by atoms with Gasteiger partial charge in [0.15, 0.2) is 5.78 Å². The maximum absolute atomic E-state index is 12.1. The number of carbonyl (C=O) groups excluding carboxylic acids is 1. The number of pyridine rings is 1. The van der Waals surface area contributed by atoms with E-state index in [1.165, 1.54) is 5.56 Å². The van der Waals surface area contributed by atoms with Crippen LogP contribution in [0.15, 0.2) is 54.7 Å². The summed E-state index contributed by atoms with van der Waals surface area (Å²) in [6, 6.07) is 13.4. The lowest BCUT2D eigenvalue weighted by molar-refractivity contribution is 0.104. The van der Waals surface area contributed by atoms with Crippen LogP contribution in [0.4, 0.5) is 0 Å². The van der Waals surface area contributed by atoms with Gasteiger partial charge in [0.2, 0.25) is 0 Å². The summed E-state index contributed by atoms with van der Waals surface area (Å²) in [5.41, 5.74) is 2.81. The zero-order valence-electron chi connectivity index (χ0n) is 12.1. The Morgan fingerprint density at radius 3 is 2.30 bits per heavy atom. The maximum atomic E-state index is 12.1. The Hall–Kier alpha value is -2.22. The molecular weight excluding hydrogens is 246 g/mol. The highest BCUT2D eigenvalue weighted by Gasteiger charge is 2.13. The zero-order valence-corrected chi connectivity index (χ0v) is 12.1. The molecule has 0 aliphatic carbocycles. The van der Waals surface area contributed by atoms with Gasteiger partial charge in [0.05, 0.1) is 5.69 Å². The topological polar surface area (TPSA) is 30.0 Å². The molecule has 0 spiro atoms. The Morgan fingerprint density at radius 1 is 1.05 bits per heavy atom. The second kappa shape index (κ2) is 5.83. The minimum atomic E-state index is -0.00360. The third-order valence-corrected chi connectivity index (χ3v) is 3.13. The summed E-state index contributed by atoms with van der Waals surface area (Å²) in [5, 5.41) is 0. The fourth-order valence-electron chi connectivity index (χ4n) is 1.87. The van der Waals surface area contributed by atoms with Crippen molar-refractivity contribution < 1.29 is 4.79 Å². The first kappa shape index (κ1) is 14.2. The zero-order chi connectivity index (χ0) is 14.6. The quantitative estimate of drug-likeness (QED) is 0.612. The Bertz CT molecular complexity index is 604. The average Bonchev–Trinajstić information content (AvgIpc) is 2.45. The predicted octanol–water partition coefficient (Wildman–Crippen LogP) is 4.28. The molecule has 0 radical (unpaired) electrons. The van der Waals surface area contributed by atoms with E-state index in [0.717, 1.165) is 5.69 Å². The summed E-state index contributed by atoms with van der Waals surface area (Å²) < 4.78 is 0.